The minimum Gasteiger partial charge on any atom is -0.475 e. The third-order valence-corrected chi connectivity index (χ3v) is 6.93. The fourth-order valence-corrected chi connectivity index (χ4v) is 5.85. The zero-order valence-electron chi connectivity index (χ0n) is 22.9. The van der Waals surface area contributed by atoms with E-state index >= 15 is 0 Å². The van der Waals surface area contributed by atoms with Crippen molar-refractivity contribution in [3.05, 3.63) is 53.4 Å². The van der Waals surface area contributed by atoms with Crippen LogP contribution in [0.3, 0.4) is 0 Å². The van der Waals surface area contributed by atoms with Gasteiger partial charge in [-0.05, 0) is 71.4 Å². The number of nitrogens with one attached hydrogen (secondary N) is 2. The van der Waals surface area contributed by atoms with Gasteiger partial charge in [-0.1, -0.05) is 0 Å². The van der Waals surface area contributed by atoms with Crippen molar-refractivity contribution in [2.45, 2.75) is 77.1 Å². The molecular weight excluding hydrogens is 532 g/mol. The summed E-state index contributed by atoms with van der Waals surface area (Å²) in [6.45, 7) is 11.4. The number of nitrogens with zero attached hydrogens (tertiary/aromatic N) is 4. The maximum atomic E-state index is 14.6. The number of carbonyl (C=O) groups is 2. The Morgan fingerprint density at radius 3 is 2.38 bits per heavy atom. The molecule has 40 heavy (non-hydrogen) atoms. The van der Waals surface area contributed by atoms with Crippen molar-refractivity contribution in [1.29, 1.82) is 0 Å². The number of amides is 2. The average Bonchev–Trinajstić information content (AvgIpc) is 3.39. The number of hydrogen-bond acceptors (Lipinski definition) is 5. The van der Waals surface area contributed by atoms with Gasteiger partial charge in [-0.3, -0.25) is 4.90 Å². The Labute approximate surface area is 228 Å². The molecule has 1 saturated heterocycles. The lowest BCUT2D eigenvalue weighted by atomic mass is 9.72. The summed E-state index contributed by atoms with van der Waals surface area (Å²) in [7, 11) is 0. The van der Waals surface area contributed by atoms with E-state index < -0.39 is 18.0 Å². The molecule has 216 valence electrons. The Balaban J connectivity index is 0.000000470. The number of imidazole rings is 1. The molecule has 0 aromatic carbocycles. The van der Waals surface area contributed by atoms with Crippen molar-refractivity contribution in [3.8, 4) is 0 Å². The van der Waals surface area contributed by atoms with Gasteiger partial charge >= 0.3 is 18.2 Å². The van der Waals surface area contributed by atoms with E-state index in [-0.39, 0.29) is 22.8 Å². The zero-order valence-corrected chi connectivity index (χ0v) is 22.9. The van der Waals surface area contributed by atoms with E-state index in [0.29, 0.717) is 23.9 Å². The lowest BCUT2D eigenvalue weighted by molar-refractivity contribution is -0.192. The molecule has 1 fully saturated rings. The molecule has 5 heterocycles. The van der Waals surface area contributed by atoms with E-state index in [0.717, 1.165) is 30.5 Å². The number of carbonyl (C=O) groups excluding carboxylic acids is 1. The largest absolute Gasteiger partial charge is 0.490 e. The molecule has 0 atom stereocenters. The van der Waals surface area contributed by atoms with Gasteiger partial charge in [0.2, 0.25) is 0 Å². The third-order valence-electron chi connectivity index (χ3n) is 6.93. The molecule has 0 unspecified atom stereocenters. The first-order valence-electron chi connectivity index (χ1n) is 12.8. The summed E-state index contributed by atoms with van der Waals surface area (Å²) in [5.41, 5.74) is 3.88. The number of fused-ring (bicyclic) bond motifs is 2. The highest BCUT2D eigenvalue weighted by atomic mass is 19.4. The van der Waals surface area contributed by atoms with Crippen LogP contribution in [0.25, 0.3) is 5.65 Å². The molecule has 13 heteroatoms. The summed E-state index contributed by atoms with van der Waals surface area (Å²) in [5.74, 6) is -2.20. The van der Waals surface area contributed by atoms with Crippen LogP contribution < -0.4 is 15.5 Å². The maximum absolute atomic E-state index is 14.6. The van der Waals surface area contributed by atoms with E-state index in [9.17, 15) is 22.4 Å². The lowest BCUT2D eigenvalue weighted by Gasteiger charge is -2.47. The normalized spacial score (nSPS) is 18.2. The van der Waals surface area contributed by atoms with Crippen molar-refractivity contribution in [2.24, 2.45) is 0 Å². The van der Waals surface area contributed by atoms with Crippen molar-refractivity contribution in [3.63, 3.8) is 0 Å². The molecule has 5 rings (SSSR count). The highest BCUT2D eigenvalue weighted by Gasteiger charge is 2.40. The number of aliphatic carboxylic acids is 1. The van der Waals surface area contributed by atoms with E-state index in [1.54, 1.807) is 27.9 Å². The van der Waals surface area contributed by atoms with Gasteiger partial charge in [0.05, 0.1) is 11.4 Å². The summed E-state index contributed by atoms with van der Waals surface area (Å²) < 4.78 is 48.1. The molecule has 0 saturated carbocycles. The average molecular weight is 565 g/mol. The van der Waals surface area contributed by atoms with Crippen LogP contribution in [0.15, 0.2) is 30.7 Å². The van der Waals surface area contributed by atoms with Crippen LogP contribution >= 0.6 is 0 Å². The van der Waals surface area contributed by atoms with Crippen molar-refractivity contribution < 1.29 is 32.3 Å². The van der Waals surface area contributed by atoms with Gasteiger partial charge in [0.1, 0.15) is 11.5 Å². The van der Waals surface area contributed by atoms with Crippen LogP contribution in [-0.4, -0.2) is 55.3 Å². The van der Waals surface area contributed by atoms with Crippen molar-refractivity contribution >= 4 is 29.2 Å². The van der Waals surface area contributed by atoms with Crippen LogP contribution in [0.1, 0.15) is 63.3 Å². The minimum atomic E-state index is -5.08. The number of piperidine rings is 1. The molecule has 0 radical (unpaired) electrons. The van der Waals surface area contributed by atoms with Crippen LogP contribution in [0.5, 0.6) is 0 Å². The molecule has 3 N–H and O–H groups in total. The molecule has 0 spiro atoms. The zero-order chi connectivity index (χ0) is 29.6. The maximum Gasteiger partial charge on any atom is 0.490 e. The SMILES string of the molecule is Cc1cn2cc(NC(=O)N3CCc4c(C5CC(C)(C)NC(C)(C)C5)ccnc43)c(F)cc2n1.O=C(O)C(F)(F)F. The Hall–Kier alpha value is -3.74. The molecule has 0 bridgehead atoms. The summed E-state index contributed by atoms with van der Waals surface area (Å²) in [5, 5.41) is 13.6. The number of halogens is 4. The number of anilines is 2. The van der Waals surface area contributed by atoms with E-state index in [4.69, 9.17) is 9.90 Å². The minimum absolute atomic E-state index is 0.0279. The molecule has 9 nitrogen and oxygen atoms in total. The second-order valence-electron chi connectivity index (χ2n) is 11.5. The highest BCUT2D eigenvalue weighted by Crippen LogP contribution is 2.43. The van der Waals surface area contributed by atoms with Crippen LogP contribution in [0, 0.1) is 12.7 Å². The number of aromatic nitrogens is 3. The van der Waals surface area contributed by atoms with Gasteiger partial charge in [0.15, 0.2) is 5.82 Å². The second-order valence-corrected chi connectivity index (χ2v) is 11.5. The number of urea groups is 1. The summed E-state index contributed by atoms with van der Waals surface area (Å²) in [6, 6.07) is 3.06. The van der Waals surface area contributed by atoms with E-state index in [2.05, 4.69) is 54.4 Å². The van der Waals surface area contributed by atoms with Gasteiger partial charge < -0.3 is 20.1 Å². The predicted octanol–water partition coefficient (Wildman–Crippen LogP) is 5.43. The molecule has 2 amide bonds. The Bertz CT molecular complexity index is 1430. The summed E-state index contributed by atoms with van der Waals surface area (Å²) >= 11 is 0. The first-order chi connectivity index (χ1) is 18.5. The Kier molecular flexibility index (Phi) is 7.56. The number of rotatable bonds is 2. The summed E-state index contributed by atoms with van der Waals surface area (Å²) in [4.78, 5) is 32.5. The number of carboxylic acids is 1. The number of alkyl halides is 3. The number of hydrogen-bond donors (Lipinski definition) is 3. The fourth-order valence-electron chi connectivity index (χ4n) is 5.85. The topological polar surface area (TPSA) is 112 Å². The Morgan fingerprint density at radius 2 is 1.77 bits per heavy atom. The standard InChI is InChI=1S/C25H31FN6O.C2HF3O2/c1-15-13-31-14-20(19(26)10-21(31)28-15)29-23(33)32-9-7-18-17(6-8-27-22(18)32)16-11-24(2,3)30-25(4,5)12-16;3-2(4,5)1(6)7/h6,8,10,13-14,16,30H,7,9,11-12H2,1-5H3,(H,29,33);(H,6,7). The molecule has 3 aromatic rings. The first-order valence-corrected chi connectivity index (χ1v) is 12.8. The number of aryl methyl sites for hydroxylation is 1. The monoisotopic (exact) mass is 564 g/mol. The van der Waals surface area contributed by atoms with E-state index in [1.807, 2.05) is 6.92 Å². The third kappa shape index (κ3) is 6.35. The second kappa shape index (κ2) is 10.3. The van der Waals surface area contributed by atoms with Crippen molar-refractivity contribution in [1.82, 2.24) is 19.7 Å². The first kappa shape index (κ1) is 29.2. The lowest BCUT2D eigenvalue weighted by Crippen LogP contribution is -2.57. The van der Waals surface area contributed by atoms with Crippen LogP contribution in [-0.2, 0) is 11.2 Å². The molecular formula is C27H32F4N6O3. The Morgan fingerprint density at radius 1 is 1.15 bits per heavy atom. The smallest absolute Gasteiger partial charge is 0.475 e. The molecule has 2 aliphatic heterocycles. The summed E-state index contributed by atoms with van der Waals surface area (Å²) in [6.07, 6.45) is 2.86. The van der Waals surface area contributed by atoms with Crippen molar-refractivity contribution in [2.75, 3.05) is 16.8 Å². The fraction of sp³-hybridized carbons (Fsp3) is 0.481. The quantitative estimate of drug-likeness (QED) is 0.358. The van der Waals surface area contributed by atoms with Gasteiger partial charge in [0, 0.05) is 47.8 Å². The number of carboxylic acid groups (broad SMARTS) is 1. The molecule has 0 aliphatic carbocycles. The molecule has 3 aromatic heterocycles. The molecule has 2 aliphatic rings. The van der Waals surface area contributed by atoms with Crippen LogP contribution in [0.4, 0.5) is 33.9 Å². The van der Waals surface area contributed by atoms with E-state index in [1.165, 1.54) is 11.6 Å². The number of pyridine rings is 2. The van der Waals surface area contributed by atoms with Gasteiger partial charge in [-0.25, -0.2) is 23.9 Å². The predicted molar refractivity (Wildman–Crippen MR) is 141 cm³/mol. The van der Waals surface area contributed by atoms with Gasteiger partial charge in [-0.15, -0.1) is 0 Å². The highest BCUT2D eigenvalue weighted by molar-refractivity contribution is 6.02. The van der Waals surface area contributed by atoms with Crippen LogP contribution in [0.2, 0.25) is 0 Å². The van der Waals surface area contributed by atoms with Gasteiger partial charge in [-0.2, -0.15) is 13.2 Å². The van der Waals surface area contributed by atoms with Gasteiger partial charge in [0.25, 0.3) is 0 Å².